The van der Waals surface area contributed by atoms with Crippen molar-refractivity contribution in [2.75, 3.05) is 6.61 Å². The highest BCUT2D eigenvalue weighted by Crippen LogP contribution is 2.22. The van der Waals surface area contributed by atoms with Crippen molar-refractivity contribution in [3.63, 3.8) is 0 Å². The summed E-state index contributed by atoms with van der Waals surface area (Å²) in [7, 11) is 0. The molecule has 1 heterocycles. The van der Waals surface area contributed by atoms with Crippen LogP contribution < -0.4 is 10.2 Å². The van der Waals surface area contributed by atoms with Crippen LogP contribution in [0.15, 0.2) is 41.5 Å². The SMILES string of the molecule is CC(C)c1ccc(OCC(=O)N/N=C\c2ccc([N+](=O)[O-])s2)cc1. The lowest BCUT2D eigenvalue weighted by molar-refractivity contribution is -0.380. The number of nitrogens with one attached hydrogen (secondary N) is 1. The van der Waals surface area contributed by atoms with Crippen molar-refractivity contribution < 1.29 is 14.5 Å². The highest BCUT2D eigenvalue weighted by molar-refractivity contribution is 7.16. The summed E-state index contributed by atoms with van der Waals surface area (Å²) in [6.45, 7) is 4.04. The van der Waals surface area contributed by atoms with Crippen molar-refractivity contribution in [3.8, 4) is 5.75 Å². The Hall–Kier alpha value is -2.74. The third-order valence-corrected chi connectivity index (χ3v) is 4.06. The Kier molecular flexibility index (Phi) is 6.02. The Bertz CT molecular complexity index is 738. The zero-order valence-corrected chi connectivity index (χ0v) is 14.1. The van der Waals surface area contributed by atoms with Crippen molar-refractivity contribution in [2.45, 2.75) is 19.8 Å². The highest BCUT2D eigenvalue weighted by Gasteiger charge is 2.08. The van der Waals surface area contributed by atoms with Crippen LogP contribution in [-0.4, -0.2) is 23.7 Å². The molecular formula is C16H17N3O4S. The monoisotopic (exact) mass is 347 g/mol. The quantitative estimate of drug-likeness (QED) is 0.472. The molecule has 0 unspecified atom stereocenters. The summed E-state index contributed by atoms with van der Waals surface area (Å²) >= 11 is 0.976. The summed E-state index contributed by atoms with van der Waals surface area (Å²) < 4.78 is 5.37. The molecule has 0 aliphatic heterocycles. The Morgan fingerprint density at radius 2 is 2.04 bits per heavy atom. The van der Waals surface area contributed by atoms with E-state index in [1.54, 1.807) is 6.07 Å². The normalized spacial score (nSPS) is 11.0. The average molecular weight is 347 g/mol. The van der Waals surface area contributed by atoms with Gasteiger partial charge in [-0.2, -0.15) is 5.10 Å². The number of benzene rings is 1. The molecule has 8 heteroatoms. The molecule has 0 atom stereocenters. The van der Waals surface area contributed by atoms with Crippen molar-refractivity contribution in [1.29, 1.82) is 0 Å². The molecule has 2 rings (SSSR count). The summed E-state index contributed by atoms with van der Waals surface area (Å²) in [4.78, 5) is 22.3. The van der Waals surface area contributed by atoms with Crippen molar-refractivity contribution in [2.24, 2.45) is 5.10 Å². The van der Waals surface area contributed by atoms with E-state index in [2.05, 4.69) is 24.4 Å². The topological polar surface area (TPSA) is 93.8 Å². The van der Waals surface area contributed by atoms with Gasteiger partial charge in [-0.1, -0.05) is 37.3 Å². The molecule has 0 saturated carbocycles. The van der Waals surface area contributed by atoms with E-state index in [0.29, 0.717) is 16.5 Å². The van der Waals surface area contributed by atoms with Crippen molar-refractivity contribution in [1.82, 2.24) is 5.43 Å². The molecule has 0 saturated heterocycles. The van der Waals surface area contributed by atoms with Crippen LogP contribution in [0.4, 0.5) is 5.00 Å². The predicted molar refractivity (Wildman–Crippen MR) is 92.7 cm³/mol. The minimum atomic E-state index is -0.473. The molecule has 0 fully saturated rings. The number of rotatable bonds is 7. The van der Waals surface area contributed by atoms with Crippen LogP contribution in [0.25, 0.3) is 0 Å². The predicted octanol–water partition coefficient (Wildman–Crippen LogP) is 3.31. The van der Waals surface area contributed by atoms with Gasteiger partial charge in [0.05, 0.1) is 16.0 Å². The second-order valence-corrected chi connectivity index (χ2v) is 6.33. The van der Waals surface area contributed by atoms with Crippen LogP contribution in [0.2, 0.25) is 0 Å². The molecule has 1 aromatic heterocycles. The first-order valence-corrected chi connectivity index (χ1v) is 8.06. The molecule has 24 heavy (non-hydrogen) atoms. The number of thiophene rings is 1. The maximum absolute atomic E-state index is 11.6. The zero-order valence-electron chi connectivity index (χ0n) is 13.3. The van der Waals surface area contributed by atoms with Gasteiger partial charge in [0.1, 0.15) is 5.75 Å². The van der Waals surface area contributed by atoms with Gasteiger partial charge in [0.25, 0.3) is 5.91 Å². The number of nitro groups is 1. The Morgan fingerprint density at radius 3 is 2.62 bits per heavy atom. The Balaban J connectivity index is 1.78. The molecular weight excluding hydrogens is 330 g/mol. The molecule has 0 aliphatic rings. The fourth-order valence-electron chi connectivity index (χ4n) is 1.81. The van der Waals surface area contributed by atoms with E-state index < -0.39 is 10.8 Å². The van der Waals surface area contributed by atoms with E-state index in [9.17, 15) is 14.9 Å². The smallest absolute Gasteiger partial charge is 0.324 e. The van der Waals surface area contributed by atoms with Gasteiger partial charge >= 0.3 is 5.00 Å². The highest BCUT2D eigenvalue weighted by atomic mass is 32.1. The Morgan fingerprint density at radius 1 is 1.33 bits per heavy atom. The van der Waals surface area contributed by atoms with Crippen molar-refractivity contribution >= 4 is 28.5 Å². The van der Waals surface area contributed by atoms with Crippen molar-refractivity contribution in [3.05, 3.63) is 57.0 Å². The summed E-state index contributed by atoms with van der Waals surface area (Å²) in [6.07, 6.45) is 1.35. The van der Waals surface area contributed by atoms with Gasteiger partial charge in [-0.05, 0) is 29.7 Å². The first-order chi connectivity index (χ1) is 11.5. The van der Waals surface area contributed by atoms with Crippen LogP contribution in [0.5, 0.6) is 5.75 Å². The van der Waals surface area contributed by atoms with Gasteiger partial charge in [0.2, 0.25) is 0 Å². The van der Waals surface area contributed by atoms with Gasteiger partial charge in [-0.3, -0.25) is 14.9 Å². The first-order valence-electron chi connectivity index (χ1n) is 7.24. The summed E-state index contributed by atoms with van der Waals surface area (Å²) in [5, 5.41) is 14.3. The van der Waals surface area contributed by atoms with Crippen LogP contribution in [0.3, 0.4) is 0 Å². The lowest BCUT2D eigenvalue weighted by Gasteiger charge is -2.08. The fraction of sp³-hybridized carbons (Fsp3) is 0.250. The fourth-order valence-corrected chi connectivity index (χ4v) is 2.50. The maximum atomic E-state index is 11.6. The van der Waals surface area contributed by atoms with E-state index in [-0.39, 0.29) is 11.6 Å². The minimum absolute atomic E-state index is 0.0240. The van der Waals surface area contributed by atoms with Gasteiger partial charge in [-0.25, -0.2) is 5.43 Å². The molecule has 0 bridgehead atoms. The number of carbonyl (C=O) groups is 1. The molecule has 7 nitrogen and oxygen atoms in total. The molecule has 0 aliphatic carbocycles. The third-order valence-electron chi connectivity index (χ3n) is 3.09. The molecule has 126 valence electrons. The second kappa shape index (κ2) is 8.21. The van der Waals surface area contributed by atoms with Crippen LogP contribution >= 0.6 is 11.3 Å². The number of carbonyl (C=O) groups excluding carboxylic acids is 1. The van der Waals surface area contributed by atoms with E-state index in [0.717, 1.165) is 11.3 Å². The van der Waals surface area contributed by atoms with Crippen LogP contribution in [0.1, 0.15) is 30.2 Å². The molecule has 1 amide bonds. The number of hydrazone groups is 1. The summed E-state index contributed by atoms with van der Waals surface area (Å²) in [5.74, 6) is 0.627. The third kappa shape index (κ3) is 5.17. The van der Waals surface area contributed by atoms with Gasteiger partial charge in [0, 0.05) is 6.07 Å². The van der Waals surface area contributed by atoms with Gasteiger partial charge in [-0.15, -0.1) is 0 Å². The molecule has 0 spiro atoms. The molecule has 2 aromatic rings. The summed E-state index contributed by atoms with van der Waals surface area (Å²) in [5.41, 5.74) is 3.51. The number of ether oxygens (including phenoxy) is 1. The lowest BCUT2D eigenvalue weighted by atomic mass is 10.0. The van der Waals surface area contributed by atoms with E-state index in [4.69, 9.17) is 4.74 Å². The minimum Gasteiger partial charge on any atom is -0.484 e. The molecule has 1 N–H and O–H groups in total. The van der Waals surface area contributed by atoms with E-state index >= 15 is 0 Å². The number of amides is 1. The van der Waals surface area contributed by atoms with Crippen LogP contribution in [0, 0.1) is 10.1 Å². The summed E-state index contributed by atoms with van der Waals surface area (Å²) in [6, 6.07) is 10.5. The second-order valence-electron chi connectivity index (χ2n) is 5.24. The van der Waals surface area contributed by atoms with Gasteiger partial charge < -0.3 is 4.74 Å². The standard InChI is InChI=1S/C16H17N3O4S/c1-11(2)12-3-5-13(6-4-12)23-10-15(20)18-17-9-14-7-8-16(24-14)19(21)22/h3-9,11H,10H2,1-2H3,(H,18,20)/b17-9-. The maximum Gasteiger partial charge on any atom is 0.324 e. The number of hydrogen-bond acceptors (Lipinski definition) is 6. The van der Waals surface area contributed by atoms with E-state index in [1.165, 1.54) is 17.8 Å². The molecule has 0 radical (unpaired) electrons. The van der Waals surface area contributed by atoms with Crippen LogP contribution in [-0.2, 0) is 4.79 Å². The van der Waals surface area contributed by atoms with E-state index in [1.807, 2.05) is 24.3 Å². The largest absolute Gasteiger partial charge is 0.484 e. The molecule has 1 aromatic carbocycles. The number of nitrogens with zero attached hydrogens (tertiary/aromatic N) is 2. The first kappa shape index (κ1) is 17.6. The van der Waals surface area contributed by atoms with Gasteiger partial charge in [0.15, 0.2) is 6.61 Å². The average Bonchev–Trinajstić information content (AvgIpc) is 3.02. The zero-order chi connectivity index (χ0) is 17.5. The number of hydrogen-bond donors (Lipinski definition) is 1. The lowest BCUT2D eigenvalue weighted by Crippen LogP contribution is -2.24. The Labute approximate surface area is 143 Å².